The summed E-state index contributed by atoms with van der Waals surface area (Å²) in [7, 11) is 1.57. The number of aliphatic hydroxyl groups is 1. The summed E-state index contributed by atoms with van der Waals surface area (Å²) in [5, 5.41) is 13.0. The Kier molecular flexibility index (Phi) is 4.98. The predicted octanol–water partition coefficient (Wildman–Crippen LogP) is 3.74. The number of halogens is 2. The van der Waals surface area contributed by atoms with Crippen LogP contribution >= 0.6 is 15.9 Å². The first kappa shape index (κ1) is 14.8. The van der Waals surface area contributed by atoms with Crippen molar-refractivity contribution in [1.82, 2.24) is 0 Å². The fourth-order valence-corrected chi connectivity index (χ4v) is 2.17. The number of methoxy groups -OCH3 is 1. The van der Waals surface area contributed by atoms with Crippen LogP contribution in [-0.2, 0) is 0 Å². The van der Waals surface area contributed by atoms with Gasteiger partial charge < -0.3 is 15.2 Å². The van der Waals surface area contributed by atoms with Crippen LogP contribution in [-0.4, -0.2) is 18.8 Å². The van der Waals surface area contributed by atoms with Gasteiger partial charge in [-0.25, -0.2) is 4.39 Å². The van der Waals surface area contributed by atoms with Crippen LogP contribution in [0.2, 0.25) is 0 Å². The van der Waals surface area contributed by atoms with E-state index in [2.05, 4.69) is 21.2 Å². The van der Waals surface area contributed by atoms with Crippen LogP contribution in [0.4, 0.5) is 10.1 Å². The monoisotopic (exact) mass is 339 g/mol. The van der Waals surface area contributed by atoms with Gasteiger partial charge in [0.15, 0.2) is 0 Å². The van der Waals surface area contributed by atoms with Gasteiger partial charge >= 0.3 is 0 Å². The normalized spacial score (nSPS) is 12.0. The minimum atomic E-state index is -0.747. The lowest BCUT2D eigenvalue weighted by atomic mass is 10.1. The first-order valence-electron chi connectivity index (χ1n) is 6.11. The van der Waals surface area contributed by atoms with Crippen molar-refractivity contribution in [2.24, 2.45) is 0 Å². The molecule has 0 aromatic heterocycles. The van der Waals surface area contributed by atoms with Crippen molar-refractivity contribution in [3.05, 3.63) is 58.3 Å². The molecule has 1 unspecified atom stereocenters. The quantitative estimate of drug-likeness (QED) is 0.871. The summed E-state index contributed by atoms with van der Waals surface area (Å²) in [6.07, 6.45) is -0.747. The van der Waals surface area contributed by atoms with Crippen molar-refractivity contribution in [2.75, 3.05) is 19.0 Å². The number of rotatable bonds is 5. The van der Waals surface area contributed by atoms with E-state index in [-0.39, 0.29) is 12.4 Å². The van der Waals surface area contributed by atoms with Crippen molar-refractivity contribution < 1.29 is 14.2 Å². The average molecular weight is 340 g/mol. The van der Waals surface area contributed by atoms with E-state index in [1.54, 1.807) is 43.5 Å². The van der Waals surface area contributed by atoms with E-state index in [1.807, 2.05) is 0 Å². The number of benzene rings is 2. The molecule has 0 fully saturated rings. The van der Waals surface area contributed by atoms with E-state index in [0.29, 0.717) is 17.0 Å². The third-order valence-electron chi connectivity index (χ3n) is 2.89. The first-order chi connectivity index (χ1) is 9.60. The van der Waals surface area contributed by atoms with E-state index in [0.717, 1.165) is 4.47 Å². The number of anilines is 1. The van der Waals surface area contributed by atoms with Gasteiger partial charge in [-0.15, -0.1) is 0 Å². The van der Waals surface area contributed by atoms with Gasteiger partial charge in [0.25, 0.3) is 0 Å². The molecule has 20 heavy (non-hydrogen) atoms. The summed E-state index contributed by atoms with van der Waals surface area (Å²) in [5.74, 6) is 0.321. The van der Waals surface area contributed by atoms with E-state index in [4.69, 9.17) is 4.74 Å². The highest BCUT2D eigenvalue weighted by molar-refractivity contribution is 9.10. The van der Waals surface area contributed by atoms with Crippen LogP contribution in [0.25, 0.3) is 0 Å². The van der Waals surface area contributed by atoms with Crippen molar-refractivity contribution in [3.8, 4) is 5.75 Å². The maximum Gasteiger partial charge on any atom is 0.146 e. The fourth-order valence-electron chi connectivity index (χ4n) is 1.81. The van der Waals surface area contributed by atoms with E-state index in [9.17, 15) is 9.50 Å². The molecule has 2 aromatic rings. The van der Waals surface area contributed by atoms with E-state index < -0.39 is 6.10 Å². The third kappa shape index (κ3) is 3.71. The molecule has 1 atom stereocenters. The Morgan fingerprint density at radius 3 is 2.85 bits per heavy atom. The molecule has 0 radical (unpaired) electrons. The number of aliphatic hydroxyl groups excluding tert-OH is 1. The largest absolute Gasteiger partial charge is 0.497 e. The fraction of sp³-hybridized carbons (Fsp3) is 0.200. The molecule has 106 valence electrons. The zero-order valence-corrected chi connectivity index (χ0v) is 12.5. The molecule has 2 aromatic carbocycles. The highest BCUT2D eigenvalue weighted by atomic mass is 79.9. The highest BCUT2D eigenvalue weighted by Gasteiger charge is 2.10. The second-order valence-electron chi connectivity index (χ2n) is 4.30. The van der Waals surface area contributed by atoms with Gasteiger partial charge in [-0.3, -0.25) is 0 Å². The Balaban J connectivity index is 2.04. The Labute approximate surface area is 125 Å². The van der Waals surface area contributed by atoms with E-state index >= 15 is 0 Å². The maximum absolute atomic E-state index is 13.6. The van der Waals surface area contributed by atoms with Crippen LogP contribution in [0.1, 0.15) is 11.7 Å². The minimum Gasteiger partial charge on any atom is -0.497 e. The summed E-state index contributed by atoms with van der Waals surface area (Å²) in [5.41, 5.74) is 1.06. The van der Waals surface area contributed by atoms with E-state index in [1.165, 1.54) is 6.07 Å². The molecule has 3 nitrogen and oxygen atoms in total. The van der Waals surface area contributed by atoms with Crippen molar-refractivity contribution in [1.29, 1.82) is 0 Å². The Morgan fingerprint density at radius 2 is 2.10 bits per heavy atom. The summed E-state index contributed by atoms with van der Waals surface area (Å²) >= 11 is 3.28. The standard InChI is InChI=1S/C15H15BrFNO2/c1-20-12-4-2-3-10(7-12)15(19)9-18-14-8-11(16)5-6-13(14)17/h2-8,15,18-19H,9H2,1H3. The lowest BCUT2D eigenvalue weighted by Gasteiger charge is -2.14. The lowest BCUT2D eigenvalue weighted by Crippen LogP contribution is -2.13. The molecule has 0 bridgehead atoms. The first-order valence-corrected chi connectivity index (χ1v) is 6.90. The number of hydrogen-bond acceptors (Lipinski definition) is 3. The molecule has 0 heterocycles. The molecule has 0 aliphatic rings. The zero-order chi connectivity index (χ0) is 14.5. The second-order valence-corrected chi connectivity index (χ2v) is 5.21. The van der Waals surface area contributed by atoms with Gasteiger partial charge in [-0.1, -0.05) is 28.1 Å². The number of nitrogens with one attached hydrogen (secondary N) is 1. The molecular weight excluding hydrogens is 325 g/mol. The molecule has 5 heteroatoms. The lowest BCUT2D eigenvalue weighted by molar-refractivity contribution is 0.191. The summed E-state index contributed by atoms with van der Waals surface area (Å²) in [4.78, 5) is 0. The molecule has 0 spiro atoms. The maximum atomic E-state index is 13.6. The average Bonchev–Trinajstić information content (AvgIpc) is 2.48. The minimum absolute atomic E-state index is 0.209. The van der Waals surface area contributed by atoms with Crippen molar-refractivity contribution >= 4 is 21.6 Å². The van der Waals surface area contributed by atoms with Crippen molar-refractivity contribution in [2.45, 2.75) is 6.10 Å². The highest BCUT2D eigenvalue weighted by Crippen LogP contribution is 2.23. The molecule has 0 saturated carbocycles. The second kappa shape index (κ2) is 6.72. The van der Waals surface area contributed by atoms with Gasteiger partial charge in [-0.2, -0.15) is 0 Å². The Bertz CT molecular complexity index is 592. The topological polar surface area (TPSA) is 41.5 Å². The molecule has 2 rings (SSSR count). The number of ether oxygens (including phenoxy) is 1. The Morgan fingerprint density at radius 1 is 1.30 bits per heavy atom. The molecule has 0 amide bonds. The Hall–Kier alpha value is -1.59. The third-order valence-corrected chi connectivity index (χ3v) is 3.39. The molecule has 2 N–H and O–H groups in total. The molecule has 0 aliphatic carbocycles. The summed E-state index contributed by atoms with van der Waals surface area (Å²) in [6, 6.07) is 11.8. The van der Waals surface area contributed by atoms with Crippen LogP contribution in [0, 0.1) is 5.82 Å². The summed E-state index contributed by atoms with van der Waals surface area (Å²) < 4.78 is 19.4. The van der Waals surface area contributed by atoms with Crippen LogP contribution in [0.5, 0.6) is 5.75 Å². The SMILES string of the molecule is COc1cccc(C(O)CNc2cc(Br)ccc2F)c1. The van der Waals surface area contributed by atoms with Crippen LogP contribution < -0.4 is 10.1 Å². The number of hydrogen-bond donors (Lipinski definition) is 2. The smallest absolute Gasteiger partial charge is 0.146 e. The van der Waals surface area contributed by atoms with Gasteiger partial charge in [0.2, 0.25) is 0 Å². The zero-order valence-electron chi connectivity index (χ0n) is 10.9. The van der Waals surface area contributed by atoms with Gasteiger partial charge in [0, 0.05) is 11.0 Å². The van der Waals surface area contributed by atoms with Gasteiger partial charge in [-0.05, 0) is 35.9 Å². The molecule has 0 aliphatic heterocycles. The van der Waals surface area contributed by atoms with Crippen molar-refractivity contribution in [3.63, 3.8) is 0 Å². The molecule has 0 saturated heterocycles. The molecular formula is C15H15BrFNO2. The van der Waals surface area contributed by atoms with Crippen LogP contribution in [0.15, 0.2) is 46.9 Å². The predicted molar refractivity (Wildman–Crippen MR) is 80.5 cm³/mol. The van der Waals surface area contributed by atoms with Gasteiger partial charge in [0.05, 0.1) is 18.9 Å². The van der Waals surface area contributed by atoms with Gasteiger partial charge in [0.1, 0.15) is 11.6 Å². The summed E-state index contributed by atoms with van der Waals surface area (Å²) in [6.45, 7) is 0.209. The van der Waals surface area contributed by atoms with Crippen LogP contribution in [0.3, 0.4) is 0 Å².